The molecule has 0 saturated carbocycles. The predicted octanol–water partition coefficient (Wildman–Crippen LogP) is 3.10. The second-order valence-corrected chi connectivity index (χ2v) is 8.38. The van der Waals surface area contributed by atoms with Gasteiger partial charge in [0, 0.05) is 32.5 Å². The largest absolute Gasteiger partial charge is 0.496 e. The van der Waals surface area contributed by atoms with Crippen molar-refractivity contribution in [2.75, 3.05) is 20.2 Å². The number of aryl methyl sites for hydroxylation is 3. The number of rotatable bonds is 4. The molecule has 1 amide bonds. The quantitative estimate of drug-likeness (QED) is 0.662. The number of methoxy groups -OCH3 is 1. The maximum absolute atomic E-state index is 12.9. The molecular weight excluding hydrogens is 386 g/mol. The number of carbonyl (C=O) groups excluding carboxylic acids is 1. The molecule has 0 atom stereocenters. The fourth-order valence-electron chi connectivity index (χ4n) is 3.87. The van der Waals surface area contributed by atoms with E-state index in [1.807, 2.05) is 42.3 Å². The Kier molecular flexibility index (Phi) is 5.41. The van der Waals surface area contributed by atoms with E-state index in [1.54, 1.807) is 11.7 Å². The topological polar surface area (TPSA) is 64.4 Å². The number of hydrogen-bond acceptors (Lipinski definition) is 5. The Morgan fingerprint density at radius 3 is 2.83 bits per heavy atom. The molecule has 0 bridgehead atoms. The summed E-state index contributed by atoms with van der Waals surface area (Å²) in [6, 6.07) is 6.06. The summed E-state index contributed by atoms with van der Waals surface area (Å²) in [6.45, 7) is 5.58. The Morgan fingerprint density at radius 1 is 1.21 bits per heavy atom. The van der Waals surface area contributed by atoms with Crippen LogP contribution in [0.25, 0.3) is 10.2 Å². The van der Waals surface area contributed by atoms with E-state index in [0.29, 0.717) is 44.3 Å². The molecule has 0 unspecified atom stereocenters. The van der Waals surface area contributed by atoms with Crippen LogP contribution in [0.2, 0.25) is 0 Å². The van der Waals surface area contributed by atoms with Crippen molar-refractivity contribution >= 4 is 27.5 Å². The fraction of sp³-hybridized carbons (Fsp3) is 0.409. The summed E-state index contributed by atoms with van der Waals surface area (Å²) < 4.78 is 7.12. The van der Waals surface area contributed by atoms with E-state index in [2.05, 4.69) is 0 Å². The molecule has 29 heavy (non-hydrogen) atoms. The third-order valence-electron chi connectivity index (χ3n) is 5.61. The van der Waals surface area contributed by atoms with Crippen molar-refractivity contribution in [1.29, 1.82) is 0 Å². The van der Waals surface area contributed by atoms with Crippen molar-refractivity contribution in [3.63, 3.8) is 0 Å². The van der Waals surface area contributed by atoms with Gasteiger partial charge in [-0.2, -0.15) is 0 Å². The minimum absolute atomic E-state index is 0.0183. The monoisotopic (exact) mass is 411 g/mol. The standard InChI is InChI=1S/C22H25N3O3S/c1-14-4-5-16(12-17(14)28-3)6-7-19(26)24-9-8-18-23-21-20(15(2)13-29-21)22(27)25(18)11-10-24/h4-5,12-13H,6-11H2,1-3H3. The van der Waals surface area contributed by atoms with Crippen LogP contribution >= 0.6 is 11.3 Å². The lowest BCUT2D eigenvalue weighted by atomic mass is 10.1. The lowest BCUT2D eigenvalue weighted by Crippen LogP contribution is -2.34. The number of nitrogens with zero attached hydrogens (tertiary/aromatic N) is 3. The van der Waals surface area contributed by atoms with Gasteiger partial charge in [0.25, 0.3) is 5.56 Å². The van der Waals surface area contributed by atoms with Crippen LogP contribution < -0.4 is 10.3 Å². The van der Waals surface area contributed by atoms with Crippen LogP contribution in [0.15, 0.2) is 28.4 Å². The summed E-state index contributed by atoms with van der Waals surface area (Å²) in [4.78, 5) is 33.1. The smallest absolute Gasteiger partial charge is 0.262 e. The van der Waals surface area contributed by atoms with Crippen molar-refractivity contribution in [3.05, 3.63) is 56.4 Å². The molecule has 1 aliphatic rings. The number of benzene rings is 1. The number of fused-ring (bicyclic) bond motifs is 2. The van der Waals surface area contributed by atoms with Crippen LogP contribution in [-0.4, -0.2) is 40.6 Å². The first-order chi connectivity index (χ1) is 14.0. The molecule has 3 aromatic rings. The van der Waals surface area contributed by atoms with Crippen molar-refractivity contribution in [2.45, 2.75) is 39.7 Å². The number of carbonyl (C=O) groups is 1. The molecule has 0 spiro atoms. The van der Waals surface area contributed by atoms with Gasteiger partial charge in [0.1, 0.15) is 16.4 Å². The summed E-state index contributed by atoms with van der Waals surface area (Å²) in [6.07, 6.45) is 1.72. The molecule has 0 radical (unpaired) electrons. The van der Waals surface area contributed by atoms with Gasteiger partial charge < -0.3 is 9.64 Å². The zero-order valence-corrected chi connectivity index (χ0v) is 17.8. The number of amides is 1. The van der Waals surface area contributed by atoms with Gasteiger partial charge in [-0.3, -0.25) is 14.2 Å². The second-order valence-electron chi connectivity index (χ2n) is 7.52. The van der Waals surface area contributed by atoms with Crippen LogP contribution in [0.1, 0.15) is 28.9 Å². The van der Waals surface area contributed by atoms with Crippen molar-refractivity contribution < 1.29 is 9.53 Å². The molecule has 0 N–H and O–H groups in total. The van der Waals surface area contributed by atoms with Gasteiger partial charge in [0.2, 0.25) is 5.91 Å². The van der Waals surface area contributed by atoms with Crippen LogP contribution in [0, 0.1) is 13.8 Å². The molecule has 1 aromatic carbocycles. The Morgan fingerprint density at radius 2 is 2.03 bits per heavy atom. The molecule has 4 rings (SSSR count). The van der Waals surface area contributed by atoms with Gasteiger partial charge in [0.05, 0.1) is 12.5 Å². The van der Waals surface area contributed by atoms with E-state index in [9.17, 15) is 9.59 Å². The van der Waals surface area contributed by atoms with Gasteiger partial charge in [-0.1, -0.05) is 12.1 Å². The van der Waals surface area contributed by atoms with Crippen molar-refractivity contribution in [1.82, 2.24) is 14.5 Å². The number of ether oxygens (including phenoxy) is 1. The van der Waals surface area contributed by atoms with E-state index in [0.717, 1.165) is 33.1 Å². The average molecular weight is 412 g/mol. The fourth-order valence-corrected chi connectivity index (χ4v) is 4.80. The summed E-state index contributed by atoms with van der Waals surface area (Å²) in [5.74, 6) is 1.74. The summed E-state index contributed by atoms with van der Waals surface area (Å²) >= 11 is 1.51. The highest BCUT2D eigenvalue weighted by molar-refractivity contribution is 7.16. The minimum atomic E-state index is 0.0183. The average Bonchev–Trinajstić information content (AvgIpc) is 2.95. The second kappa shape index (κ2) is 7.99. The zero-order valence-electron chi connectivity index (χ0n) is 17.0. The van der Waals surface area contributed by atoms with E-state index in [4.69, 9.17) is 9.72 Å². The van der Waals surface area contributed by atoms with Crippen LogP contribution in [0.4, 0.5) is 0 Å². The highest BCUT2D eigenvalue weighted by Crippen LogP contribution is 2.22. The Labute approximate surface area is 173 Å². The summed E-state index contributed by atoms with van der Waals surface area (Å²) in [5.41, 5.74) is 3.17. The molecule has 3 heterocycles. The molecule has 0 fully saturated rings. The van der Waals surface area contributed by atoms with E-state index in [1.165, 1.54) is 11.3 Å². The third kappa shape index (κ3) is 3.79. The molecule has 7 heteroatoms. The molecule has 0 aliphatic carbocycles. The Bertz CT molecular complexity index is 1130. The van der Waals surface area contributed by atoms with E-state index < -0.39 is 0 Å². The number of hydrogen-bond donors (Lipinski definition) is 0. The number of aromatic nitrogens is 2. The maximum atomic E-state index is 12.9. The van der Waals surface area contributed by atoms with Gasteiger partial charge in [-0.25, -0.2) is 4.98 Å². The first kappa shape index (κ1) is 19.6. The lowest BCUT2D eigenvalue weighted by molar-refractivity contribution is -0.131. The van der Waals surface area contributed by atoms with Gasteiger partial charge in [0.15, 0.2) is 0 Å². The number of thiophene rings is 1. The predicted molar refractivity (Wildman–Crippen MR) is 115 cm³/mol. The van der Waals surface area contributed by atoms with E-state index in [-0.39, 0.29) is 11.5 Å². The first-order valence-corrected chi connectivity index (χ1v) is 10.7. The normalized spacial score (nSPS) is 14.0. The Balaban J connectivity index is 1.45. The molecule has 6 nitrogen and oxygen atoms in total. The minimum Gasteiger partial charge on any atom is -0.496 e. The molecule has 2 aromatic heterocycles. The molecule has 152 valence electrons. The Hall–Kier alpha value is -2.67. The van der Waals surface area contributed by atoms with Crippen LogP contribution in [-0.2, 0) is 24.2 Å². The molecule has 1 aliphatic heterocycles. The van der Waals surface area contributed by atoms with Gasteiger partial charge in [-0.15, -0.1) is 11.3 Å². The SMILES string of the molecule is COc1cc(CCC(=O)N2CCc3nc4scc(C)c4c(=O)n3CC2)ccc1C. The summed E-state index contributed by atoms with van der Waals surface area (Å²) in [5, 5.41) is 2.70. The first-order valence-electron chi connectivity index (χ1n) is 9.86. The van der Waals surface area contributed by atoms with Crippen LogP contribution in [0.5, 0.6) is 5.75 Å². The lowest BCUT2D eigenvalue weighted by Gasteiger charge is -2.20. The highest BCUT2D eigenvalue weighted by atomic mass is 32.1. The van der Waals surface area contributed by atoms with Gasteiger partial charge >= 0.3 is 0 Å². The van der Waals surface area contributed by atoms with Crippen molar-refractivity contribution in [3.8, 4) is 5.75 Å². The van der Waals surface area contributed by atoms with E-state index >= 15 is 0 Å². The summed E-state index contributed by atoms with van der Waals surface area (Å²) in [7, 11) is 1.66. The maximum Gasteiger partial charge on any atom is 0.262 e. The zero-order chi connectivity index (χ0) is 20.5. The van der Waals surface area contributed by atoms with Crippen molar-refractivity contribution in [2.24, 2.45) is 0 Å². The highest BCUT2D eigenvalue weighted by Gasteiger charge is 2.22. The van der Waals surface area contributed by atoms with Crippen LogP contribution in [0.3, 0.4) is 0 Å². The molecule has 0 saturated heterocycles. The molecular formula is C22H25N3O3S. The van der Waals surface area contributed by atoms with Gasteiger partial charge in [-0.05, 0) is 48.4 Å². The third-order valence-corrected chi connectivity index (χ3v) is 6.60.